The Balaban J connectivity index is 2.97. The molecule has 0 radical (unpaired) electrons. The SMILES string of the molecule is O=S(=O)(O)Oc1ccc(C(F)=C(F)F)cc1. The molecule has 0 saturated carbocycles. The molecule has 16 heavy (non-hydrogen) atoms. The Bertz CT molecular complexity index is 503. The van der Waals surface area contributed by atoms with Gasteiger partial charge in [0.05, 0.1) is 0 Å². The first kappa shape index (κ1) is 12.5. The van der Waals surface area contributed by atoms with Crippen LogP contribution in [0.2, 0.25) is 0 Å². The molecule has 1 aromatic carbocycles. The molecule has 88 valence electrons. The molecule has 4 nitrogen and oxygen atoms in total. The van der Waals surface area contributed by atoms with Gasteiger partial charge in [-0.25, -0.2) is 4.39 Å². The molecule has 0 aliphatic rings. The number of halogens is 3. The summed E-state index contributed by atoms with van der Waals surface area (Å²) >= 11 is 0. The Kier molecular flexibility index (Phi) is 3.55. The van der Waals surface area contributed by atoms with Crippen molar-refractivity contribution < 1.29 is 30.3 Å². The van der Waals surface area contributed by atoms with Crippen LogP contribution in [0.3, 0.4) is 0 Å². The van der Waals surface area contributed by atoms with E-state index >= 15 is 0 Å². The molecule has 0 spiro atoms. The van der Waals surface area contributed by atoms with E-state index in [9.17, 15) is 21.6 Å². The smallest absolute Gasteiger partial charge is 0.362 e. The maximum absolute atomic E-state index is 12.6. The van der Waals surface area contributed by atoms with Gasteiger partial charge in [-0.15, -0.1) is 0 Å². The predicted molar refractivity (Wildman–Crippen MR) is 48.9 cm³/mol. The zero-order chi connectivity index (χ0) is 12.3. The minimum absolute atomic E-state index is 0.321. The van der Waals surface area contributed by atoms with E-state index in [0.29, 0.717) is 0 Å². The van der Waals surface area contributed by atoms with Crippen LogP contribution in [0.25, 0.3) is 5.83 Å². The lowest BCUT2D eigenvalue weighted by molar-refractivity contribution is 0.386. The number of hydrogen-bond acceptors (Lipinski definition) is 3. The number of benzene rings is 1. The molecule has 1 N–H and O–H groups in total. The summed E-state index contributed by atoms with van der Waals surface area (Å²) in [5.41, 5.74) is -0.428. The predicted octanol–water partition coefficient (Wildman–Crippen LogP) is 2.40. The molecule has 0 saturated heterocycles. The second-order valence-electron chi connectivity index (χ2n) is 2.61. The fourth-order valence-electron chi connectivity index (χ4n) is 0.888. The summed E-state index contributed by atoms with van der Waals surface area (Å²) < 4.78 is 69.1. The highest BCUT2D eigenvalue weighted by Gasteiger charge is 2.10. The van der Waals surface area contributed by atoms with Crippen molar-refractivity contribution in [2.45, 2.75) is 0 Å². The second kappa shape index (κ2) is 4.54. The zero-order valence-electron chi connectivity index (χ0n) is 7.52. The Morgan fingerprint density at radius 3 is 2.00 bits per heavy atom. The lowest BCUT2D eigenvalue weighted by Gasteiger charge is -2.01. The third kappa shape index (κ3) is 3.55. The van der Waals surface area contributed by atoms with E-state index in [1.807, 2.05) is 0 Å². The van der Waals surface area contributed by atoms with Crippen LogP contribution >= 0.6 is 0 Å². The average Bonchev–Trinajstić information content (AvgIpc) is 2.15. The highest BCUT2D eigenvalue weighted by atomic mass is 32.3. The third-order valence-electron chi connectivity index (χ3n) is 1.48. The molecular weight excluding hydrogens is 249 g/mol. The van der Waals surface area contributed by atoms with Gasteiger partial charge in [0.15, 0.2) is 5.83 Å². The van der Waals surface area contributed by atoms with Gasteiger partial charge in [-0.3, -0.25) is 4.55 Å². The van der Waals surface area contributed by atoms with E-state index in [1.54, 1.807) is 0 Å². The van der Waals surface area contributed by atoms with Gasteiger partial charge in [-0.1, -0.05) is 0 Å². The van der Waals surface area contributed by atoms with Gasteiger partial charge in [0.2, 0.25) is 0 Å². The van der Waals surface area contributed by atoms with Crippen LogP contribution < -0.4 is 4.18 Å². The van der Waals surface area contributed by atoms with E-state index in [1.165, 1.54) is 0 Å². The van der Waals surface area contributed by atoms with E-state index < -0.39 is 27.9 Å². The van der Waals surface area contributed by atoms with E-state index in [-0.39, 0.29) is 5.75 Å². The van der Waals surface area contributed by atoms with Gasteiger partial charge < -0.3 is 4.18 Å². The molecule has 0 unspecified atom stereocenters. The fraction of sp³-hybridized carbons (Fsp3) is 0. The summed E-state index contributed by atoms with van der Waals surface area (Å²) in [6.45, 7) is 0. The minimum atomic E-state index is -4.68. The molecule has 8 heteroatoms. The first-order chi connectivity index (χ1) is 7.29. The third-order valence-corrected chi connectivity index (χ3v) is 1.88. The van der Waals surface area contributed by atoms with Crippen LogP contribution in [0.15, 0.2) is 30.3 Å². The summed E-state index contributed by atoms with van der Waals surface area (Å²) in [5.74, 6) is -2.03. The van der Waals surface area contributed by atoms with Gasteiger partial charge in [0.25, 0.3) is 0 Å². The van der Waals surface area contributed by atoms with Crippen molar-refractivity contribution in [2.24, 2.45) is 0 Å². The van der Waals surface area contributed by atoms with E-state index in [2.05, 4.69) is 4.18 Å². The zero-order valence-corrected chi connectivity index (χ0v) is 8.34. The Morgan fingerprint density at radius 2 is 1.62 bits per heavy atom. The Hall–Kier alpha value is -1.54. The number of rotatable bonds is 3. The van der Waals surface area contributed by atoms with Crippen molar-refractivity contribution >= 4 is 16.2 Å². The van der Waals surface area contributed by atoms with Gasteiger partial charge in [0.1, 0.15) is 5.75 Å². The van der Waals surface area contributed by atoms with Gasteiger partial charge in [-0.05, 0) is 24.3 Å². The van der Waals surface area contributed by atoms with Crippen LogP contribution in [0.5, 0.6) is 5.75 Å². The topological polar surface area (TPSA) is 63.6 Å². The van der Waals surface area contributed by atoms with E-state index in [0.717, 1.165) is 24.3 Å². The van der Waals surface area contributed by atoms with Gasteiger partial charge in [0, 0.05) is 5.56 Å². The maximum atomic E-state index is 12.6. The van der Waals surface area contributed by atoms with Crippen molar-refractivity contribution in [1.82, 2.24) is 0 Å². The first-order valence-corrected chi connectivity index (χ1v) is 5.14. The summed E-state index contributed by atoms with van der Waals surface area (Å²) in [4.78, 5) is 0. The van der Waals surface area contributed by atoms with E-state index in [4.69, 9.17) is 4.55 Å². The molecule has 0 atom stereocenters. The second-order valence-corrected chi connectivity index (χ2v) is 3.63. The normalized spacial score (nSPS) is 11.0. The standard InChI is InChI=1S/C8H5F3O4S/c9-7(8(10)11)5-1-3-6(4-2-5)15-16(12,13)14/h1-4H,(H,12,13,14). The molecule has 1 aromatic rings. The Labute approximate surface area is 88.9 Å². The van der Waals surface area contributed by atoms with Crippen molar-refractivity contribution in [3.8, 4) is 5.75 Å². The van der Waals surface area contributed by atoms with Crippen LogP contribution in [0.1, 0.15) is 5.56 Å². The molecule has 0 fully saturated rings. The molecule has 0 amide bonds. The highest BCUT2D eigenvalue weighted by Crippen LogP contribution is 2.24. The van der Waals surface area contributed by atoms with Gasteiger partial charge >= 0.3 is 16.5 Å². The van der Waals surface area contributed by atoms with Crippen LogP contribution in [-0.2, 0) is 10.4 Å². The van der Waals surface area contributed by atoms with Gasteiger partial charge in [-0.2, -0.15) is 17.2 Å². The quantitative estimate of drug-likeness (QED) is 0.841. The lowest BCUT2D eigenvalue weighted by Crippen LogP contribution is -2.06. The molecule has 0 heterocycles. The van der Waals surface area contributed by atoms with Crippen molar-refractivity contribution in [1.29, 1.82) is 0 Å². The van der Waals surface area contributed by atoms with Crippen molar-refractivity contribution in [3.05, 3.63) is 35.9 Å². The maximum Gasteiger partial charge on any atom is 0.446 e. The van der Waals surface area contributed by atoms with Crippen LogP contribution in [-0.4, -0.2) is 13.0 Å². The molecule has 0 bridgehead atoms. The fourth-order valence-corrected chi connectivity index (χ4v) is 1.24. The molecule has 0 aliphatic carbocycles. The van der Waals surface area contributed by atoms with Crippen molar-refractivity contribution in [3.63, 3.8) is 0 Å². The summed E-state index contributed by atoms with van der Waals surface area (Å²) in [5, 5.41) is 0. The number of hydrogen-bond donors (Lipinski definition) is 1. The van der Waals surface area contributed by atoms with Crippen LogP contribution in [0.4, 0.5) is 13.2 Å². The average molecular weight is 254 g/mol. The largest absolute Gasteiger partial charge is 0.446 e. The lowest BCUT2D eigenvalue weighted by atomic mass is 10.2. The molecule has 0 aliphatic heterocycles. The van der Waals surface area contributed by atoms with Crippen LogP contribution in [0, 0.1) is 0 Å². The summed E-state index contributed by atoms with van der Waals surface area (Å²) in [6.07, 6.45) is -2.48. The highest BCUT2D eigenvalue weighted by molar-refractivity contribution is 7.81. The summed E-state index contributed by atoms with van der Waals surface area (Å²) in [7, 11) is -4.68. The van der Waals surface area contributed by atoms with Crippen molar-refractivity contribution in [2.75, 3.05) is 0 Å². The summed E-state index contributed by atoms with van der Waals surface area (Å²) in [6, 6.07) is 3.61. The minimum Gasteiger partial charge on any atom is -0.362 e. The first-order valence-electron chi connectivity index (χ1n) is 3.78. The molecule has 0 aromatic heterocycles. The molecule has 1 rings (SSSR count). The monoisotopic (exact) mass is 254 g/mol. The molecular formula is C8H5F3O4S. The Morgan fingerprint density at radius 1 is 1.12 bits per heavy atom.